The molecule has 1 aromatic rings. The van der Waals surface area contributed by atoms with Crippen molar-refractivity contribution in [2.75, 3.05) is 13.2 Å². The van der Waals surface area contributed by atoms with E-state index >= 15 is 0 Å². The van der Waals surface area contributed by atoms with Crippen LogP contribution in [0.5, 0.6) is 5.75 Å². The van der Waals surface area contributed by atoms with Gasteiger partial charge < -0.3 is 9.47 Å². The van der Waals surface area contributed by atoms with Gasteiger partial charge in [0.05, 0.1) is 6.61 Å². The molecule has 80 valence electrons. The molecular formula is C13H16O2. The molecule has 2 heteroatoms. The van der Waals surface area contributed by atoms with Gasteiger partial charge in [0.15, 0.2) is 0 Å². The normalized spacial score (nSPS) is 21.9. The van der Waals surface area contributed by atoms with Crippen LogP contribution in [0.1, 0.15) is 13.8 Å². The van der Waals surface area contributed by atoms with E-state index in [0.29, 0.717) is 12.7 Å². The first-order chi connectivity index (χ1) is 7.35. The molecule has 2 nitrogen and oxygen atoms in total. The molecule has 1 aliphatic heterocycles. The van der Waals surface area contributed by atoms with E-state index in [2.05, 4.69) is 18.2 Å². The zero-order valence-electron chi connectivity index (χ0n) is 9.19. The van der Waals surface area contributed by atoms with Crippen LogP contribution >= 0.6 is 0 Å². The summed E-state index contributed by atoms with van der Waals surface area (Å²) in [6, 6.07) is 6.12. The lowest BCUT2D eigenvalue weighted by molar-refractivity contribution is 0.261. The molecular weight excluding hydrogens is 188 g/mol. The Morgan fingerprint density at radius 3 is 2.80 bits per heavy atom. The summed E-state index contributed by atoms with van der Waals surface area (Å²) in [4.78, 5) is 0. The van der Waals surface area contributed by atoms with Gasteiger partial charge in [-0.2, -0.15) is 0 Å². The van der Waals surface area contributed by atoms with Gasteiger partial charge in [-0.3, -0.25) is 0 Å². The van der Waals surface area contributed by atoms with Crippen LogP contribution < -0.4 is 15.2 Å². The topological polar surface area (TPSA) is 21.8 Å². The summed E-state index contributed by atoms with van der Waals surface area (Å²) in [5.41, 5.74) is 0. The van der Waals surface area contributed by atoms with Crippen LogP contribution in [0.25, 0.3) is 12.2 Å². The largest absolute Gasteiger partial charge is 0.490 e. The highest BCUT2D eigenvalue weighted by molar-refractivity contribution is 5.37. The molecule has 0 aromatic heterocycles. The summed E-state index contributed by atoms with van der Waals surface area (Å²) < 4.78 is 10.8. The second-order valence-electron chi connectivity index (χ2n) is 3.60. The molecule has 15 heavy (non-hydrogen) atoms. The number of rotatable bonds is 3. The summed E-state index contributed by atoms with van der Waals surface area (Å²) in [6.45, 7) is 5.57. The third-order valence-corrected chi connectivity index (χ3v) is 2.53. The monoisotopic (exact) mass is 204 g/mol. The zero-order chi connectivity index (χ0) is 10.7. The van der Waals surface area contributed by atoms with Crippen LogP contribution in [0.2, 0.25) is 0 Å². The molecule has 0 bridgehead atoms. The van der Waals surface area contributed by atoms with Gasteiger partial charge in [0.25, 0.3) is 0 Å². The minimum absolute atomic E-state index is 0.309. The van der Waals surface area contributed by atoms with Crippen LogP contribution in [-0.2, 0) is 4.74 Å². The third-order valence-electron chi connectivity index (χ3n) is 2.53. The molecule has 0 amide bonds. The second kappa shape index (κ2) is 4.49. The van der Waals surface area contributed by atoms with E-state index in [-0.39, 0.29) is 0 Å². The Bertz CT molecular complexity index is 444. The first kappa shape index (κ1) is 10.2. The Kier molecular flexibility index (Phi) is 3.07. The van der Waals surface area contributed by atoms with Crippen LogP contribution in [0, 0.1) is 0 Å². The smallest absolute Gasteiger partial charge is 0.126 e. The van der Waals surface area contributed by atoms with Crippen molar-refractivity contribution in [3.8, 4) is 5.75 Å². The fourth-order valence-corrected chi connectivity index (χ4v) is 1.59. The number of hydrogen-bond acceptors (Lipinski definition) is 2. The lowest BCUT2D eigenvalue weighted by atomic mass is 10.2. The Morgan fingerprint density at radius 1 is 1.40 bits per heavy atom. The van der Waals surface area contributed by atoms with Crippen LogP contribution in [0.4, 0.5) is 0 Å². The molecule has 0 radical (unpaired) electrons. The van der Waals surface area contributed by atoms with Gasteiger partial charge in [0, 0.05) is 5.22 Å². The quantitative estimate of drug-likeness (QED) is 0.687. The van der Waals surface area contributed by atoms with Crippen molar-refractivity contribution < 1.29 is 9.47 Å². The van der Waals surface area contributed by atoms with E-state index in [1.807, 2.05) is 26.0 Å². The van der Waals surface area contributed by atoms with Gasteiger partial charge in [0.2, 0.25) is 0 Å². The van der Waals surface area contributed by atoms with Gasteiger partial charge in [0.1, 0.15) is 18.5 Å². The summed E-state index contributed by atoms with van der Waals surface area (Å²) in [5.74, 6) is 0.948. The Labute approximate surface area is 89.8 Å². The molecule has 0 N–H and O–H groups in total. The van der Waals surface area contributed by atoms with E-state index in [1.165, 1.54) is 10.4 Å². The zero-order valence-corrected chi connectivity index (χ0v) is 9.19. The van der Waals surface area contributed by atoms with Crippen LogP contribution in [-0.4, -0.2) is 19.3 Å². The molecule has 1 atom stereocenters. The molecule has 0 aliphatic carbocycles. The summed E-state index contributed by atoms with van der Waals surface area (Å²) in [7, 11) is 0. The van der Waals surface area contributed by atoms with E-state index in [9.17, 15) is 0 Å². The number of epoxide rings is 1. The maximum Gasteiger partial charge on any atom is 0.126 e. The van der Waals surface area contributed by atoms with Crippen molar-refractivity contribution in [1.29, 1.82) is 0 Å². The molecule has 2 rings (SSSR count). The van der Waals surface area contributed by atoms with Gasteiger partial charge in [-0.25, -0.2) is 0 Å². The third kappa shape index (κ3) is 2.39. The minimum atomic E-state index is 0.309. The minimum Gasteiger partial charge on any atom is -0.490 e. The first-order valence-electron chi connectivity index (χ1n) is 5.31. The fourth-order valence-electron chi connectivity index (χ4n) is 1.59. The van der Waals surface area contributed by atoms with Gasteiger partial charge in [-0.15, -0.1) is 0 Å². The Balaban J connectivity index is 2.29. The van der Waals surface area contributed by atoms with Crippen molar-refractivity contribution in [3.63, 3.8) is 0 Å². The van der Waals surface area contributed by atoms with Crippen molar-refractivity contribution in [3.05, 3.63) is 28.6 Å². The molecule has 1 unspecified atom stereocenters. The highest BCUT2D eigenvalue weighted by Crippen LogP contribution is 2.10. The standard InChI is InChI=1S/C13H16O2/c1-3-10-6-5-7-13(12(10)4-2)15-9-11-8-14-11/h3-7,11H,8-9H2,1-2H3/b10-3-,12-4+. The van der Waals surface area contributed by atoms with Crippen molar-refractivity contribution in [1.82, 2.24) is 0 Å². The van der Waals surface area contributed by atoms with E-state index in [4.69, 9.17) is 9.47 Å². The van der Waals surface area contributed by atoms with Crippen molar-refractivity contribution in [2.24, 2.45) is 0 Å². The highest BCUT2D eigenvalue weighted by atomic mass is 16.6. The molecule has 1 fully saturated rings. The maximum atomic E-state index is 5.72. The van der Waals surface area contributed by atoms with Gasteiger partial charge >= 0.3 is 0 Å². The molecule has 1 saturated heterocycles. The van der Waals surface area contributed by atoms with Gasteiger partial charge in [-0.05, 0) is 25.1 Å². The number of ether oxygens (including phenoxy) is 2. The van der Waals surface area contributed by atoms with Crippen LogP contribution in [0.15, 0.2) is 18.2 Å². The first-order valence-corrected chi connectivity index (χ1v) is 5.31. The number of benzene rings is 1. The van der Waals surface area contributed by atoms with E-state index < -0.39 is 0 Å². The van der Waals surface area contributed by atoms with E-state index in [1.54, 1.807) is 0 Å². The van der Waals surface area contributed by atoms with Crippen molar-refractivity contribution in [2.45, 2.75) is 20.0 Å². The Morgan fingerprint density at radius 2 is 2.20 bits per heavy atom. The SMILES string of the molecule is C/C=c1/cccc(OCC2CO2)/c1=C/C. The molecule has 0 spiro atoms. The maximum absolute atomic E-state index is 5.72. The summed E-state index contributed by atoms with van der Waals surface area (Å²) in [5, 5.41) is 2.38. The average Bonchev–Trinajstić information content (AvgIpc) is 3.09. The molecule has 1 aliphatic rings. The highest BCUT2D eigenvalue weighted by Gasteiger charge is 2.23. The predicted octanol–water partition coefficient (Wildman–Crippen LogP) is 1.06. The summed E-state index contributed by atoms with van der Waals surface area (Å²) >= 11 is 0. The summed E-state index contributed by atoms with van der Waals surface area (Å²) in [6.07, 6.45) is 4.48. The molecule has 1 aromatic carbocycles. The van der Waals surface area contributed by atoms with E-state index in [0.717, 1.165) is 12.4 Å². The fraction of sp³-hybridized carbons (Fsp3) is 0.385. The lowest BCUT2D eigenvalue weighted by Gasteiger charge is -2.05. The van der Waals surface area contributed by atoms with Crippen LogP contribution in [0.3, 0.4) is 0 Å². The molecule has 0 saturated carbocycles. The second-order valence-corrected chi connectivity index (χ2v) is 3.60. The Hall–Kier alpha value is -1.28. The lowest BCUT2D eigenvalue weighted by Crippen LogP contribution is -2.26. The predicted molar refractivity (Wildman–Crippen MR) is 61.2 cm³/mol. The number of hydrogen-bond donors (Lipinski definition) is 0. The van der Waals surface area contributed by atoms with Crippen molar-refractivity contribution >= 4 is 12.2 Å². The average molecular weight is 204 g/mol. The molecule has 1 heterocycles. The van der Waals surface area contributed by atoms with Gasteiger partial charge in [-0.1, -0.05) is 24.3 Å².